The molecule has 1 saturated heterocycles. The molecule has 2 atom stereocenters. The van der Waals surface area contributed by atoms with Crippen molar-refractivity contribution in [3.8, 4) is 0 Å². The summed E-state index contributed by atoms with van der Waals surface area (Å²) >= 11 is 1.23. The summed E-state index contributed by atoms with van der Waals surface area (Å²) in [6, 6.07) is 7.27. The molecule has 13 heteroatoms. The fourth-order valence-corrected chi connectivity index (χ4v) is 6.36. The van der Waals surface area contributed by atoms with Gasteiger partial charge in [-0.1, -0.05) is 62.4 Å². The van der Waals surface area contributed by atoms with Crippen molar-refractivity contribution in [2.45, 2.75) is 75.7 Å². The van der Waals surface area contributed by atoms with Gasteiger partial charge >= 0.3 is 12.0 Å². The van der Waals surface area contributed by atoms with Gasteiger partial charge in [0.2, 0.25) is 11.8 Å². The van der Waals surface area contributed by atoms with Crippen LogP contribution in [0.5, 0.6) is 0 Å². The highest BCUT2D eigenvalue weighted by atomic mass is 32.2. The molecule has 2 aliphatic rings. The number of hydrogen-bond acceptors (Lipinski definition) is 9. The maximum atomic E-state index is 13.2. The molecule has 0 radical (unpaired) electrons. The first-order valence-corrected chi connectivity index (χ1v) is 16.7. The monoisotopic (exact) mass is 636 g/mol. The molecular formula is C31H48N4O8S. The molecule has 1 heterocycles. The number of urea groups is 1. The van der Waals surface area contributed by atoms with E-state index in [4.69, 9.17) is 4.74 Å². The number of carbonyl (C=O) groups is 4. The zero-order chi connectivity index (χ0) is 31.8. The number of benzene rings is 1. The number of rotatable bonds is 16. The Morgan fingerprint density at radius 2 is 1.77 bits per heavy atom. The van der Waals surface area contributed by atoms with E-state index < -0.39 is 35.7 Å². The molecular weight excluding hydrogens is 588 g/mol. The Morgan fingerprint density at radius 1 is 1.07 bits per heavy atom. The Labute approximate surface area is 264 Å². The lowest BCUT2D eigenvalue weighted by molar-refractivity contribution is -0.189. The second-order valence-electron chi connectivity index (χ2n) is 11.4. The summed E-state index contributed by atoms with van der Waals surface area (Å²) in [6.45, 7) is 1.77. The van der Waals surface area contributed by atoms with Gasteiger partial charge in [0.1, 0.15) is 6.04 Å². The Bertz CT molecular complexity index is 1050. The van der Waals surface area contributed by atoms with E-state index in [0.29, 0.717) is 38.5 Å². The Morgan fingerprint density at radius 3 is 2.45 bits per heavy atom. The van der Waals surface area contributed by atoms with E-state index in [1.165, 1.54) is 18.9 Å². The first-order chi connectivity index (χ1) is 21.2. The van der Waals surface area contributed by atoms with E-state index in [2.05, 4.69) is 20.7 Å². The van der Waals surface area contributed by atoms with Crippen LogP contribution in [0.15, 0.2) is 30.3 Å². The number of hydrogen-bond donors (Lipinski definition) is 5. The lowest BCUT2D eigenvalue weighted by atomic mass is 9.82. The summed E-state index contributed by atoms with van der Waals surface area (Å²) in [4.78, 5) is 52.0. The number of morpholine rings is 1. The fourth-order valence-electron chi connectivity index (χ4n) is 5.49. The summed E-state index contributed by atoms with van der Waals surface area (Å²) in [5, 5.41) is 30.4. The predicted octanol–water partition coefficient (Wildman–Crippen LogP) is 1.58. The molecule has 4 amide bonds. The fraction of sp³-hybridized carbons (Fsp3) is 0.677. The molecule has 1 aliphatic heterocycles. The van der Waals surface area contributed by atoms with Crippen LogP contribution in [0.4, 0.5) is 4.79 Å². The van der Waals surface area contributed by atoms with Crippen molar-refractivity contribution in [1.29, 1.82) is 0 Å². The number of carbonyl (C=O) groups excluding carboxylic acids is 4. The highest BCUT2D eigenvalue weighted by Gasteiger charge is 2.37. The first kappa shape index (κ1) is 35.6. The second-order valence-corrected chi connectivity index (χ2v) is 12.6. The molecule has 0 unspecified atom stereocenters. The molecule has 12 nitrogen and oxygen atoms in total. The smallest absolute Gasteiger partial charge is 0.318 e. The number of ether oxygens (including phenoxy) is 2. The molecule has 3 rings (SSSR count). The first-order valence-electron chi connectivity index (χ1n) is 15.5. The van der Waals surface area contributed by atoms with Crippen LogP contribution in [-0.4, -0.2) is 108 Å². The van der Waals surface area contributed by atoms with Crippen molar-refractivity contribution in [3.63, 3.8) is 0 Å². The van der Waals surface area contributed by atoms with E-state index in [0.717, 1.165) is 37.7 Å². The van der Waals surface area contributed by atoms with Gasteiger partial charge in [0.15, 0.2) is 5.79 Å². The van der Waals surface area contributed by atoms with Crippen LogP contribution >= 0.6 is 11.8 Å². The van der Waals surface area contributed by atoms with Crippen molar-refractivity contribution in [3.05, 3.63) is 35.9 Å². The van der Waals surface area contributed by atoms with Gasteiger partial charge in [0, 0.05) is 38.9 Å². The lowest BCUT2D eigenvalue weighted by Crippen LogP contribution is -2.55. The van der Waals surface area contributed by atoms with Gasteiger partial charge in [0.25, 0.3) is 0 Å². The van der Waals surface area contributed by atoms with Gasteiger partial charge in [-0.05, 0) is 23.7 Å². The van der Waals surface area contributed by atoms with Crippen LogP contribution in [0.1, 0.15) is 56.9 Å². The SMILES string of the molecule is COC(=O)CSCCC(O)(O)[C@H](CC1CCCCC1)NC(=O)CCNC(=O)[C@H](Cc1ccccc1)NC(=O)N1CCOCC1. The number of amides is 4. The number of nitrogens with one attached hydrogen (secondary N) is 3. The minimum atomic E-state index is -2.16. The maximum Gasteiger partial charge on any atom is 0.318 e. The van der Waals surface area contributed by atoms with Crippen molar-refractivity contribution < 1.29 is 38.9 Å². The molecule has 0 aromatic heterocycles. The van der Waals surface area contributed by atoms with Crippen molar-refractivity contribution in [1.82, 2.24) is 20.9 Å². The summed E-state index contributed by atoms with van der Waals surface area (Å²) < 4.78 is 9.94. The van der Waals surface area contributed by atoms with Crippen molar-refractivity contribution in [2.75, 3.05) is 51.5 Å². The Hall–Kier alpha value is -2.87. The third-order valence-electron chi connectivity index (χ3n) is 8.10. The third-order valence-corrected chi connectivity index (χ3v) is 9.03. The lowest BCUT2D eigenvalue weighted by Gasteiger charge is -2.35. The molecule has 0 bridgehead atoms. The van der Waals surface area contributed by atoms with E-state index in [1.807, 2.05) is 30.3 Å². The zero-order valence-electron chi connectivity index (χ0n) is 25.6. The second kappa shape index (κ2) is 18.8. The zero-order valence-corrected chi connectivity index (χ0v) is 26.4. The predicted molar refractivity (Wildman–Crippen MR) is 167 cm³/mol. The van der Waals surface area contributed by atoms with Crippen LogP contribution in [-0.2, 0) is 30.3 Å². The van der Waals surface area contributed by atoms with E-state index in [-0.39, 0.29) is 43.5 Å². The molecule has 0 spiro atoms. The molecule has 1 aromatic rings. The van der Waals surface area contributed by atoms with E-state index in [1.54, 1.807) is 4.90 Å². The largest absolute Gasteiger partial charge is 0.468 e. The van der Waals surface area contributed by atoms with Crippen LogP contribution in [0.25, 0.3) is 0 Å². The van der Waals surface area contributed by atoms with Gasteiger partial charge in [0.05, 0.1) is 32.1 Å². The molecule has 5 N–H and O–H groups in total. The Balaban J connectivity index is 1.55. The van der Waals surface area contributed by atoms with Crippen LogP contribution in [0.3, 0.4) is 0 Å². The van der Waals surface area contributed by atoms with Gasteiger partial charge in [-0.3, -0.25) is 14.4 Å². The highest BCUT2D eigenvalue weighted by Crippen LogP contribution is 2.30. The van der Waals surface area contributed by atoms with Crippen molar-refractivity contribution in [2.24, 2.45) is 5.92 Å². The highest BCUT2D eigenvalue weighted by molar-refractivity contribution is 7.99. The molecule has 44 heavy (non-hydrogen) atoms. The minimum Gasteiger partial charge on any atom is -0.468 e. The van der Waals surface area contributed by atoms with Gasteiger partial charge < -0.3 is 40.5 Å². The topological polar surface area (TPSA) is 167 Å². The molecule has 1 saturated carbocycles. The van der Waals surface area contributed by atoms with Crippen LogP contribution < -0.4 is 16.0 Å². The van der Waals surface area contributed by atoms with Crippen LogP contribution in [0.2, 0.25) is 0 Å². The average Bonchev–Trinajstić information content (AvgIpc) is 3.03. The molecule has 2 fully saturated rings. The minimum absolute atomic E-state index is 0.0123. The number of nitrogens with zero attached hydrogens (tertiary/aromatic N) is 1. The standard InChI is InChI=1S/C31H48N4O8S/c1-42-28(37)22-44-19-13-31(40,41)26(21-24-10-6-3-7-11-24)34-27(36)12-14-32-29(38)25(20-23-8-4-2-5-9-23)33-30(39)35-15-17-43-18-16-35/h2,4-5,8-9,24-26,40-41H,3,6-7,10-22H2,1H3,(H,32,38)(H,33,39)(H,34,36)/t25-,26-/m0/s1. The average molecular weight is 637 g/mol. The molecule has 1 aliphatic carbocycles. The summed E-state index contributed by atoms with van der Waals surface area (Å²) in [5.41, 5.74) is 0.880. The third kappa shape index (κ3) is 12.6. The van der Waals surface area contributed by atoms with Gasteiger partial charge in [-0.25, -0.2) is 4.79 Å². The number of methoxy groups -OCH3 is 1. The number of thioether (sulfide) groups is 1. The Kier molecular flexibility index (Phi) is 15.2. The summed E-state index contributed by atoms with van der Waals surface area (Å²) in [6.07, 6.45) is 5.83. The summed E-state index contributed by atoms with van der Waals surface area (Å²) in [5.74, 6) is -2.72. The van der Waals surface area contributed by atoms with E-state index >= 15 is 0 Å². The van der Waals surface area contributed by atoms with Crippen LogP contribution in [0, 0.1) is 5.92 Å². The maximum absolute atomic E-state index is 13.2. The molecule has 246 valence electrons. The summed E-state index contributed by atoms with van der Waals surface area (Å²) in [7, 11) is 1.30. The van der Waals surface area contributed by atoms with Gasteiger partial charge in [-0.2, -0.15) is 0 Å². The quantitative estimate of drug-likeness (QED) is 0.103. The molecule has 1 aromatic carbocycles. The number of esters is 1. The van der Waals surface area contributed by atoms with E-state index in [9.17, 15) is 29.4 Å². The van der Waals surface area contributed by atoms with Gasteiger partial charge in [-0.15, -0.1) is 11.8 Å². The normalized spacial score (nSPS) is 17.3. The number of aliphatic hydroxyl groups is 2. The van der Waals surface area contributed by atoms with Crippen molar-refractivity contribution >= 4 is 35.6 Å².